The summed E-state index contributed by atoms with van der Waals surface area (Å²) in [6.07, 6.45) is 2.05. The van der Waals surface area contributed by atoms with Gasteiger partial charge in [0.15, 0.2) is 10.8 Å². The Morgan fingerprint density at radius 1 is 1.19 bits per heavy atom. The van der Waals surface area contributed by atoms with Gasteiger partial charge in [-0.25, -0.2) is 4.98 Å². The molecule has 0 aliphatic carbocycles. The number of thiazole rings is 1. The Labute approximate surface area is 153 Å². The van der Waals surface area contributed by atoms with Gasteiger partial charge in [-0.2, -0.15) is 0 Å². The summed E-state index contributed by atoms with van der Waals surface area (Å²) in [4.78, 5) is 31.0. The number of aliphatic carboxylic acids is 1. The third-order valence-electron chi connectivity index (χ3n) is 4.43. The first-order valence-electron chi connectivity index (χ1n) is 8.25. The monoisotopic (exact) mass is 368 g/mol. The quantitative estimate of drug-likeness (QED) is 0.760. The molecule has 1 aliphatic rings. The highest BCUT2D eigenvalue weighted by Gasteiger charge is 2.33. The van der Waals surface area contributed by atoms with Gasteiger partial charge in [-0.1, -0.05) is 30.3 Å². The number of carboxylic acid groups (broad SMARTS) is 1. The second-order valence-electron chi connectivity index (χ2n) is 6.12. The fraction of sp³-hybridized carbons (Fsp3) is 0.211. The molecule has 1 fully saturated rings. The van der Waals surface area contributed by atoms with Crippen LogP contribution >= 0.6 is 11.3 Å². The number of rotatable bonds is 4. The number of carbonyl (C=O) groups excluding carboxylic acids is 1. The summed E-state index contributed by atoms with van der Waals surface area (Å²) in [6.45, 7) is 0.675. The third kappa shape index (κ3) is 3.01. The number of carbonyl (C=O) groups is 2. The lowest BCUT2D eigenvalue weighted by molar-refractivity contribution is -0.141. The number of nitrogens with zero attached hydrogens (tertiary/aromatic N) is 2. The highest BCUT2D eigenvalue weighted by molar-refractivity contribution is 7.17. The van der Waals surface area contributed by atoms with Crippen LogP contribution in [0.25, 0.3) is 22.0 Å². The molecular formula is C19H16N2O4S. The summed E-state index contributed by atoms with van der Waals surface area (Å²) in [5.74, 6) is -0.931. The van der Waals surface area contributed by atoms with Crippen molar-refractivity contribution in [3.8, 4) is 22.0 Å². The molecule has 0 radical (unpaired) electrons. The van der Waals surface area contributed by atoms with Gasteiger partial charge in [0.1, 0.15) is 4.88 Å². The van der Waals surface area contributed by atoms with E-state index in [1.54, 1.807) is 23.3 Å². The first-order valence-corrected chi connectivity index (χ1v) is 9.07. The normalized spacial score (nSPS) is 16.8. The van der Waals surface area contributed by atoms with Crippen LogP contribution in [0.4, 0.5) is 0 Å². The van der Waals surface area contributed by atoms with Gasteiger partial charge in [-0.05, 0) is 18.6 Å². The van der Waals surface area contributed by atoms with Crippen molar-refractivity contribution < 1.29 is 19.1 Å². The zero-order valence-corrected chi connectivity index (χ0v) is 14.6. The molecule has 0 saturated carbocycles. The Bertz CT molecular complexity index is 934. The number of likely N-dealkylation sites (tertiary alicyclic amines) is 1. The first kappa shape index (κ1) is 16.5. The van der Waals surface area contributed by atoms with Gasteiger partial charge >= 0.3 is 5.97 Å². The third-order valence-corrected chi connectivity index (χ3v) is 5.48. The summed E-state index contributed by atoms with van der Waals surface area (Å²) < 4.78 is 5.42. The van der Waals surface area contributed by atoms with E-state index in [1.165, 1.54) is 11.3 Å². The van der Waals surface area contributed by atoms with Crippen LogP contribution < -0.4 is 0 Å². The van der Waals surface area contributed by atoms with E-state index < -0.39 is 11.9 Å². The topological polar surface area (TPSA) is 83.6 Å². The molecule has 4 rings (SSSR count). The maximum atomic E-state index is 13.1. The molecule has 1 aromatic carbocycles. The Kier molecular flexibility index (Phi) is 4.30. The largest absolute Gasteiger partial charge is 0.481 e. The molecule has 1 aliphatic heterocycles. The standard InChI is InChI=1S/C19H16N2O4S/c22-18(21-9-8-13(11-21)19(23)24)16-15(12-5-2-1-3-6-12)20-17(26-16)14-7-4-10-25-14/h1-7,10,13H,8-9,11H2,(H,23,24)/t13-/m0/s1. The second-order valence-corrected chi connectivity index (χ2v) is 7.11. The molecule has 3 heterocycles. The van der Waals surface area contributed by atoms with Crippen molar-refractivity contribution in [2.45, 2.75) is 6.42 Å². The molecule has 7 heteroatoms. The van der Waals surface area contributed by atoms with E-state index in [-0.39, 0.29) is 12.5 Å². The first-order chi connectivity index (χ1) is 12.6. The van der Waals surface area contributed by atoms with E-state index in [1.807, 2.05) is 30.3 Å². The van der Waals surface area contributed by atoms with Crippen LogP contribution in [0.2, 0.25) is 0 Å². The average molecular weight is 368 g/mol. The van der Waals surface area contributed by atoms with Gasteiger partial charge in [0.2, 0.25) is 0 Å². The lowest BCUT2D eigenvalue weighted by Crippen LogP contribution is -2.29. The van der Waals surface area contributed by atoms with E-state index >= 15 is 0 Å². The highest BCUT2D eigenvalue weighted by atomic mass is 32.1. The molecule has 3 aromatic rings. The van der Waals surface area contributed by atoms with Crippen molar-refractivity contribution >= 4 is 23.2 Å². The number of hydrogen-bond donors (Lipinski definition) is 1. The molecule has 6 nitrogen and oxygen atoms in total. The molecule has 26 heavy (non-hydrogen) atoms. The second kappa shape index (κ2) is 6.76. The van der Waals surface area contributed by atoms with Crippen LogP contribution in [0.1, 0.15) is 16.1 Å². The number of amides is 1. The maximum Gasteiger partial charge on any atom is 0.308 e. The van der Waals surface area contributed by atoms with Crippen molar-refractivity contribution in [1.29, 1.82) is 0 Å². The Morgan fingerprint density at radius 3 is 2.65 bits per heavy atom. The van der Waals surface area contributed by atoms with Gasteiger partial charge < -0.3 is 14.4 Å². The fourth-order valence-electron chi connectivity index (χ4n) is 3.05. The molecule has 1 amide bonds. The van der Waals surface area contributed by atoms with E-state index in [4.69, 9.17) is 4.42 Å². The minimum absolute atomic E-state index is 0.178. The lowest BCUT2D eigenvalue weighted by Gasteiger charge is -2.15. The predicted octanol–water partition coefficient (Wildman–Crippen LogP) is 3.62. The molecule has 0 spiro atoms. The molecule has 1 N–H and O–H groups in total. The zero-order valence-electron chi connectivity index (χ0n) is 13.8. The lowest BCUT2D eigenvalue weighted by atomic mass is 10.1. The summed E-state index contributed by atoms with van der Waals surface area (Å²) in [5.41, 5.74) is 1.45. The molecular weight excluding hydrogens is 352 g/mol. The molecule has 132 valence electrons. The molecule has 0 unspecified atom stereocenters. The van der Waals surface area contributed by atoms with E-state index in [9.17, 15) is 14.7 Å². The fourth-order valence-corrected chi connectivity index (χ4v) is 4.08. The van der Waals surface area contributed by atoms with E-state index in [0.29, 0.717) is 34.3 Å². The van der Waals surface area contributed by atoms with E-state index in [0.717, 1.165) is 5.56 Å². The Morgan fingerprint density at radius 2 is 2.00 bits per heavy atom. The van der Waals surface area contributed by atoms with Gasteiger partial charge in [0, 0.05) is 18.7 Å². The molecule has 2 aromatic heterocycles. The minimum Gasteiger partial charge on any atom is -0.481 e. The number of furan rings is 1. The number of benzene rings is 1. The summed E-state index contributed by atoms with van der Waals surface area (Å²) >= 11 is 1.27. The minimum atomic E-state index is -0.857. The van der Waals surface area contributed by atoms with Crippen molar-refractivity contribution in [2.75, 3.05) is 13.1 Å². The molecule has 1 saturated heterocycles. The van der Waals surface area contributed by atoms with Gasteiger partial charge in [-0.15, -0.1) is 11.3 Å². The Hall–Kier alpha value is -2.93. The van der Waals surface area contributed by atoms with Crippen molar-refractivity contribution in [3.63, 3.8) is 0 Å². The van der Waals surface area contributed by atoms with Gasteiger partial charge in [0.05, 0.1) is 17.9 Å². The van der Waals surface area contributed by atoms with Gasteiger partial charge in [-0.3, -0.25) is 9.59 Å². The van der Waals surface area contributed by atoms with Crippen LogP contribution in [-0.4, -0.2) is 40.0 Å². The van der Waals surface area contributed by atoms with Crippen molar-refractivity contribution in [2.24, 2.45) is 5.92 Å². The number of carboxylic acids is 1. The predicted molar refractivity (Wildman–Crippen MR) is 96.9 cm³/mol. The van der Waals surface area contributed by atoms with Gasteiger partial charge in [0.25, 0.3) is 5.91 Å². The smallest absolute Gasteiger partial charge is 0.308 e. The summed E-state index contributed by atoms with van der Waals surface area (Å²) in [6, 6.07) is 13.1. The summed E-state index contributed by atoms with van der Waals surface area (Å²) in [7, 11) is 0. The molecule has 1 atom stereocenters. The van der Waals surface area contributed by atoms with Crippen molar-refractivity contribution in [1.82, 2.24) is 9.88 Å². The van der Waals surface area contributed by atoms with Crippen LogP contribution in [0, 0.1) is 5.92 Å². The zero-order chi connectivity index (χ0) is 18.1. The number of aromatic nitrogens is 1. The summed E-state index contributed by atoms with van der Waals surface area (Å²) in [5, 5.41) is 9.82. The van der Waals surface area contributed by atoms with Crippen LogP contribution in [-0.2, 0) is 4.79 Å². The number of hydrogen-bond acceptors (Lipinski definition) is 5. The van der Waals surface area contributed by atoms with Crippen LogP contribution in [0.5, 0.6) is 0 Å². The highest BCUT2D eigenvalue weighted by Crippen LogP contribution is 2.35. The van der Waals surface area contributed by atoms with E-state index in [2.05, 4.69) is 4.98 Å². The van der Waals surface area contributed by atoms with Crippen LogP contribution in [0.15, 0.2) is 53.1 Å². The Balaban J connectivity index is 1.72. The average Bonchev–Trinajstić information content (AvgIpc) is 3.41. The maximum absolute atomic E-state index is 13.1. The molecule has 0 bridgehead atoms. The van der Waals surface area contributed by atoms with Crippen LogP contribution in [0.3, 0.4) is 0 Å². The SMILES string of the molecule is O=C(O)[C@H]1CCN(C(=O)c2sc(-c3ccco3)nc2-c2ccccc2)C1. The van der Waals surface area contributed by atoms with Crippen molar-refractivity contribution in [3.05, 3.63) is 53.6 Å².